The first-order valence-electron chi connectivity index (χ1n) is 9.57. The van der Waals surface area contributed by atoms with Gasteiger partial charge in [0, 0.05) is 29.9 Å². The first kappa shape index (κ1) is 19.9. The molecule has 6 heteroatoms. The van der Waals surface area contributed by atoms with Crippen molar-refractivity contribution in [1.29, 1.82) is 0 Å². The number of hydrogen-bond acceptors (Lipinski definition) is 5. The van der Waals surface area contributed by atoms with Gasteiger partial charge in [-0.2, -0.15) is 0 Å². The second-order valence-corrected chi connectivity index (χ2v) is 6.90. The molecule has 3 rings (SSSR count). The van der Waals surface area contributed by atoms with E-state index in [-0.39, 0.29) is 18.2 Å². The first-order valence-corrected chi connectivity index (χ1v) is 9.57. The van der Waals surface area contributed by atoms with Crippen molar-refractivity contribution < 1.29 is 19.0 Å². The number of anilines is 1. The summed E-state index contributed by atoms with van der Waals surface area (Å²) < 4.78 is 16.3. The maximum absolute atomic E-state index is 12.9. The number of carbonyl (C=O) groups is 1. The molecule has 0 saturated heterocycles. The van der Waals surface area contributed by atoms with Crippen molar-refractivity contribution in [3.8, 4) is 11.5 Å². The lowest BCUT2D eigenvalue weighted by Gasteiger charge is -2.38. The van der Waals surface area contributed by atoms with Crippen molar-refractivity contribution in [2.45, 2.75) is 38.9 Å². The lowest BCUT2D eigenvalue weighted by molar-refractivity contribution is 0.0824. The van der Waals surface area contributed by atoms with Crippen LogP contribution in [0.15, 0.2) is 42.5 Å². The quantitative estimate of drug-likeness (QED) is 0.788. The van der Waals surface area contributed by atoms with Crippen LogP contribution in [0.5, 0.6) is 11.5 Å². The van der Waals surface area contributed by atoms with Crippen LogP contribution < -0.4 is 14.8 Å². The van der Waals surface area contributed by atoms with E-state index in [9.17, 15) is 4.79 Å². The Hall–Kier alpha value is -2.89. The third kappa shape index (κ3) is 4.16. The molecular formula is C22H28N2O4. The summed E-state index contributed by atoms with van der Waals surface area (Å²) in [5.41, 5.74) is 3.01. The van der Waals surface area contributed by atoms with E-state index in [1.54, 1.807) is 19.1 Å². The van der Waals surface area contributed by atoms with Gasteiger partial charge in [0.1, 0.15) is 0 Å². The normalized spacial score (nSPS) is 17.9. The van der Waals surface area contributed by atoms with Crippen molar-refractivity contribution in [2.75, 3.05) is 26.1 Å². The minimum absolute atomic E-state index is 0.134. The van der Waals surface area contributed by atoms with Gasteiger partial charge in [-0.25, -0.2) is 4.79 Å². The Bertz CT molecular complexity index is 810. The van der Waals surface area contributed by atoms with Gasteiger partial charge < -0.3 is 19.5 Å². The average Bonchev–Trinajstić information content (AvgIpc) is 2.71. The number of methoxy groups -OCH3 is 2. The van der Waals surface area contributed by atoms with Crippen molar-refractivity contribution in [1.82, 2.24) is 4.90 Å². The molecule has 0 radical (unpaired) electrons. The minimum Gasteiger partial charge on any atom is -0.493 e. The molecule has 0 saturated carbocycles. The minimum atomic E-state index is -0.314. The molecule has 1 heterocycles. The number of rotatable bonds is 6. The lowest BCUT2D eigenvalue weighted by Crippen LogP contribution is -2.40. The van der Waals surface area contributed by atoms with Crippen LogP contribution in [0.2, 0.25) is 0 Å². The Balaban J connectivity index is 2.03. The number of amides is 1. The monoisotopic (exact) mass is 384 g/mol. The number of nitrogens with zero attached hydrogens (tertiary/aromatic N) is 1. The third-order valence-electron chi connectivity index (χ3n) is 4.97. The molecular weight excluding hydrogens is 356 g/mol. The SMILES string of the molecule is CCOC(=O)N(Cc1ccccc1)C1CC(C)Nc2cc(OC)c(OC)cc21. The molecule has 0 aliphatic carbocycles. The predicted octanol–water partition coefficient (Wildman–Crippen LogP) is 4.61. The highest BCUT2D eigenvalue weighted by molar-refractivity contribution is 5.71. The molecule has 2 aromatic rings. The second-order valence-electron chi connectivity index (χ2n) is 6.90. The molecule has 1 aliphatic rings. The van der Waals surface area contributed by atoms with Crippen LogP contribution in [0.1, 0.15) is 37.4 Å². The first-order chi connectivity index (χ1) is 13.6. The number of hydrogen-bond donors (Lipinski definition) is 1. The Morgan fingerprint density at radius 1 is 1.14 bits per heavy atom. The molecule has 0 aromatic heterocycles. The fourth-order valence-electron chi connectivity index (χ4n) is 3.67. The summed E-state index contributed by atoms with van der Waals surface area (Å²) in [6, 6.07) is 13.9. The van der Waals surface area contributed by atoms with E-state index < -0.39 is 0 Å². The number of benzene rings is 2. The summed E-state index contributed by atoms with van der Waals surface area (Å²) >= 11 is 0. The van der Waals surface area contributed by atoms with E-state index in [0.717, 1.165) is 23.2 Å². The average molecular weight is 384 g/mol. The van der Waals surface area contributed by atoms with Crippen LogP contribution in [0, 0.1) is 0 Å². The molecule has 2 aromatic carbocycles. The topological polar surface area (TPSA) is 60.0 Å². The zero-order valence-electron chi connectivity index (χ0n) is 16.9. The Morgan fingerprint density at radius 2 is 1.82 bits per heavy atom. The number of ether oxygens (including phenoxy) is 3. The number of carbonyl (C=O) groups excluding carboxylic acids is 1. The van der Waals surface area contributed by atoms with Gasteiger partial charge in [-0.15, -0.1) is 0 Å². The zero-order chi connectivity index (χ0) is 20.1. The van der Waals surface area contributed by atoms with Crippen molar-refractivity contribution in [2.24, 2.45) is 0 Å². The van der Waals surface area contributed by atoms with Gasteiger partial charge >= 0.3 is 6.09 Å². The molecule has 2 atom stereocenters. The molecule has 0 fully saturated rings. The van der Waals surface area contributed by atoms with Crippen LogP contribution in [-0.2, 0) is 11.3 Å². The molecule has 2 unspecified atom stereocenters. The molecule has 6 nitrogen and oxygen atoms in total. The fraction of sp³-hybridized carbons (Fsp3) is 0.409. The largest absolute Gasteiger partial charge is 0.493 e. The van der Waals surface area contributed by atoms with E-state index in [2.05, 4.69) is 12.2 Å². The summed E-state index contributed by atoms with van der Waals surface area (Å²) in [7, 11) is 3.24. The standard InChI is InChI=1S/C22H28N2O4/c1-5-28-22(25)24(14-16-9-7-6-8-10-16)19-11-15(2)23-18-13-21(27-4)20(26-3)12-17(18)19/h6-10,12-13,15,19,23H,5,11,14H2,1-4H3. The van der Waals surface area contributed by atoms with E-state index in [4.69, 9.17) is 14.2 Å². The molecule has 150 valence electrons. The zero-order valence-corrected chi connectivity index (χ0v) is 16.9. The molecule has 1 aliphatic heterocycles. The van der Waals surface area contributed by atoms with E-state index in [1.807, 2.05) is 49.4 Å². The van der Waals surface area contributed by atoms with Gasteiger partial charge in [0.2, 0.25) is 0 Å². The highest BCUT2D eigenvalue weighted by atomic mass is 16.6. The van der Waals surface area contributed by atoms with E-state index in [0.29, 0.717) is 24.7 Å². The summed E-state index contributed by atoms with van der Waals surface area (Å²) in [5, 5.41) is 3.49. The highest BCUT2D eigenvalue weighted by Crippen LogP contribution is 2.43. The van der Waals surface area contributed by atoms with Crippen LogP contribution in [0.3, 0.4) is 0 Å². The van der Waals surface area contributed by atoms with Gasteiger partial charge in [0.15, 0.2) is 11.5 Å². The molecule has 1 amide bonds. The Kier molecular flexibility index (Phi) is 6.29. The van der Waals surface area contributed by atoms with Crippen LogP contribution in [0.25, 0.3) is 0 Å². The van der Waals surface area contributed by atoms with E-state index >= 15 is 0 Å². The lowest BCUT2D eigenvalue weighted by atomic mass is 9.91. The number of nitrogens with one attached hydrogen (secondary N) is 1. The fourth-order valence-corrected chi connectivity index (χ4v) is 3.67. The number of fused-ring (bicyclic) bond motifs is 1. The predicted molar refractivity (Wildman–Crippen MR) is 109 cm³/mol. The summed E-state index contributed by atoms with van der Waals surface area (Å²) in [4.78, 5) is 14.7. The summed E-state index contributed by atoms with van der Waals surface area (Å²) in [5.74, 6) is 1.30. The molecule has 28 heavy (non-hydrogen) atoms. The Morgan fingerprint density at radius 3 is 2.46 bits per heavy atom. The van der Waals surface area contributed by atoms with Gasteiger partial charge in [-0.3, -0.25) is 4.90 Å². The van der Waals surface area contributed by atoms with Crippen molar-refractivity contribution in [3.05, 3.63) is 53.6 Å². The highest BCUT2D eigenvalue weighted by Gasteiger charge is 2.34. The Labute approximate surface area is 166 Å². The van der Waals surface area contributed by atoms with E-state index in [1.165, 1.54) is 0 Å². The summed E-state index contributed by atoms with van der Waals surface area (Å²) in [6.45, 7) is 4.75. The van der Waals surface area contributed by atoms with Crippen LogP contribution in [0.4, 0.5) is 10.5 Å². The van der Waals surface area contributed by atoms with Crippen molar-refractivity contribution in [3.63, 3.8) is 0 Å². The smallest absolute Gasteiger partial charge is 0.410 e. The van der Waals surface area contributed by atoms with Gasteiger partial charge in [0.05, 0.1) is 26.9 Å². The maximum Gasteiger partial charge on any atom is 0.410 e. The summed E-state index contributed by atoms with van der Waals surface area (Å²) in [6.07, 6.45) is 0.458. The third-order valence-corrected chi connectivity index (χ3v) is 4.97. The van der Waals surface area contributed by atoms with Gasteiger partial charge in [-0.05, 0) is 31.9 Å². The second kappa shape index (κ2) is 8.87. The molecule has 1 N–H and O–H groups in total. The van der Waals surface area contributed by atoms with Crippen LogP contribution >= 0.6 is 0 Å². The van der Waals surface area contributed by atoms with Crippen LogP contribution in [-0.4, -0.2) is 37.9 Å². The maximum atomic E-state index is 12.9. The molecule has 0 bridgehead atoms. The van der Waals surface area contributed by atoms with Gasteiger partial charge in [0.25, 0.3) is 0 Å². The molecule has 0 spiro atoms. The van der Waals surface area contributed by atoms with Gasteiger partial charge in [-0.1, -0.05) is 30.3 Å². The van der Waals surface area contributed by atoms with Crippen molar-refractivity contribution >= 4 is 11.8 Å².